The first kappa shape index (κ1) is 22.6. The maximum absolute atomic E-state index is 12.9. The Morgan fingerprint density at radius 2 is 1.67 bits per heavy atom. The standard InChI is InChI=1S/C22H28ClN3O3S/c1-3-25(4-2)18-10-8-17(9-11-18)24-22(27)20-16-19(12-13-21(20)23)30(28,29)26-14-6-5-7-15-26/h8-13,16H,3-7,14-15H2,1-2H3,(H,24,27). The van der Waals surface area contributed by atoms with Crippen LogP contribution < -0.4 is 10.2 Å². The summed E-state index contributed by atoms with van der Waals surface area (Å²) in [6.45, 7) is 6.99. The topological polar surface area (TPSA) is 69.7 Å². The van der Waals surface area contributed by atoms with E-state index in [4.69, 9.17) is 11.6 Å². The van der Waals surface area contributed by atoms with Crippen molar-refractivity contribution in [1.82, 2.24) is 4.31 Å². The summed E-state index contributed by atoms with van der Waals surface area (Å²) < 4.78 is 27.4. The molecule has 0 aromatic heterocycles. The fourth-order valence-corrected chi connectivity index (χ4v) is 5.38. The van der Waals surface area contributed by atoms with Gasteiger partial charge in [-0.05, 0) is 69.2 Å². The lowest BCUT2D eigenvalue weighted by Crippen LogP contribution is -2.35. The molecule has 1 fully saturated rings. The number of nitrogens with one attached hydrogen (secondary N) is 1. The minimum Gasteiger partial charge on any atom is -0.372 e. The summed E-state index contributed by atoms with van der Waals surface area (Å²) >= 11 is 6.22. The lowest BCUT2D eigenvalue weighted by Gasteiger charge is -2.26. The fraction of sp³-hybridized carbons (Fsp3) is 0.409. The molecule has 0 saturated carbocycles. The normalized spacial score (nSPS) is 15.0. The first-order valence-electron chi connectivity index (χ1n) is 10.3. The number of anilines is 2. The number of hydrogen-bond acceptors (Lipinski definition) is 4. The number of amides is 1. The second-order valence-electron chi connectivity index (χ2n) is 7.28. The molecule has 1 aliphatic rings. The molecule has 1 N–H and O–H groups in total. The highest BCUT2D eigenvalue weighted by molar-refractivity contribution is 7.89. The molecule has 0 bridgehead atoms. The van der Waals surface area contributed by atoms with Crippen molar-refractivity contribution < 1.29 is 13.2 Å². The molecular formula is C22H28ClN3O3S. The number of rotatable bonds is 7. The van der Waals surface area contributed by atoms with Crippen LogP contribution in [-0.2, 0) is 10.0 Å². The summed E-state index contributed by atoms with van der Waals surface area (Å²) in [4.78, 5) is 15.1. The highest BCUT2D eigenvalue weighted by Gasteiger charge is 2.27. The van der Waals surface area contributed by atoms with Crippen LogP contribution in [-0.4, -0.2) is 44.8 Å². The van der Waals surface area contributed by atoms with Crippen molar-refractivity contribution in [2.75, 3.05) is 36.4 Å². The van der Waals surface area contributed by atoms with Crippen molar-refractivity contribution in [1.29, 1.82) is 0 Å². The first-order chi connectivity index (χ1) is 14.4. The van der Waals surface area contributed by atoms with Crippen LogP contribution in [0.15, 0.2) is 47.4 Å². The van der Waals surface area contributed by atoms with Gasteiger partial charge in [0.25, 0.3) is 5.91 Å². The van der Waals surface area contributed by atoms with Gasteiger partial charge in [0.05, 0.1) is 15.5 Å². The quantitative estimate of drug-likeness (QED) is 0.669. The van der Waals surface area contributed by atoms with E-state index in [1.54, 1.807) is 0 Å². The lowest BCUT2D eigenvalue weighted by atomic mass is 10.2. The molecular weight excluding hydrogens is 422 g/mol. The molecule has 0 aliphatic carbocycles. The smallest absolute Gasteiger partial charge is 0.257 e. The second kappa shape index (κ2) is 9.81. The van der Waals surface area contributed by atoms with Gasteiger partial charge in [-0.15, -0.1) is 0 Å². The van der Waals surface area contributed by atoms with Gasteiger partial charge in [-0.1, -0.05) is 18.0 Å². The average Bonchev–Trinajstić information content (AvgIpc) is 2.76. The second-order valence-corrected chi connectivity index (χ2v) is 9.62. The summed E-state index contributed by atoms with van der Waals surface area (Å²) in [5.74, 6) is -0.439. The molecule has 0 radical (unpaired) electrons. The van der Waals surface area contributed by atoms with Crippen molar-refractivity contribution >= 4 is 38.9 Å². The third kappa shape index (κ3) is 4.96. The van der Waals surface area contributed by atoms with Crippen LogP contribution in [0.25, 0.3) is 0 Å². The molecule has 2 aromatic carbocycles. The zero-order chi connectivity index (χ0) is 21.7. The van der Waals surface area contributed by atoms with Gasteiger partial charge >= 0.3 is 0 Å². The largest absolute Gasteiger partial charge is 0.372 e. The van der Waals surface area contributed by atoms with Crippen LogP contribution in [0.2, 0.25) is 5.02 Å². The van der Waals surface area contributed by atoms with Gasteiger partial charge in [0.1, 0.15) is 0 Å². The minimum absolute atomic E-state index is 0.0934. The molecule has 2 aromatic rings. The van der Waals surface area contributed by atoms with Gasteiger partial charge in [-0.3, -0.25) is 4.79 Å². The van der Waals surface area contributed by atoms with E-state index in [1.807, 2.05) is 24.3 Å². The van der Waals surface area contributed by atoms with Gasteiger partial charge in [0, 0.05) is 37.6 Å². The monoisotopic (exact) mass is 449 g/mol. The predicted molar refractivity (Wildman–Crippen MR) is 122 cm³/mol. The summed E-state index contributed by atoms with van der Waals surface area (Å²) in [6, 6.07) is 11.8. The van der Waals surface area contributed by atoms with Crippen molar-refractivity contribution in [2.24, 2.45) is 0 Å². The molecule has 8 heteroatoms. The molecule has 0 unspecified atom stereocenters. The van der Waals surface area contributed by atoms with Crippen molar-refractivity contribution in [2.45, 2.75) is 38.0 Å². The first-order valence-corrected chi connectivity index (χ1v) is 12.1. The molecule has 162 valence electrons. The molecule has 1 saturated heterocycles. The van der Waals surface area contributed by atoms with Gasteiger partial charge in [-0.25, -0.2) is 8.42 Å². The third-order valence-electron chi connectivity index (χ3n) is 5.39. The van der Waals surface area contributed by atoms with E-state index >= 15 is 0 Å². The average molecular weight is 450 g/mol. The highest BCUT2D eigenvalue weighted by Crippen LogP contribution is 2.26. The number of hydrogen-bond donors (Lipinski definition) is 1. The Labute approximate surface area is 183 Å². The maximum Gasteiger partial charge on any atom is 0.257 e. The molecule has 6 nitrogen and oxygen atoms in total. The Kier molecular flexibility index (Phi) is 7.39. The molecule has 0 atom stereocenters. The number of carbonyl (C=O) groups excluding carboxylic acids is 1. The van der Waals surface area contributed by atoms with Crippen LogP contribution in [0.4, 0.5) is 11.4 Å². The van der Waals surface area contributed by atoms with Gasteiger partial charge in [-0.2, -0.15) is 4.31 Å². The third-order valence-corrected chi connectivity index (χ3v) is 7.61. The number of piperidine rings is 1. The van der Waals surface area contributed by atoms with Crippen LogP contribution in [0.1, 0.15) is 43.5 Å². The Balaban J connectivity index is 1.80. The number of carbonyl (C=O) groups is 1. The summed E-state index contributed by atoms with van der Waals surface area (Å²) in [6.07, 6.45) is 2.74. The van der Waals surface area contributed by atoms with E-state index in [0.29, 0.717) is 18.8 Å². The van der Waals surface area contributed by atoms with Gasteiger partial charge in [0.2, 0.25) is 10.0 Å². The number of benzene rings is 2. The van der Waals surface area contributed by atoms with E-state index < -0.39 is 15.9 Å². The number of halogens is 1. The molecule has 30 heavy (non-hydrogen) atoms. The van der Waals surface area contributed by atoms with E-state index in [2.05, 4.69) is 24.1 Å². The zero-order valence-corrected chi connectivity index (χ0v) is 19.0. The van der Waals surface area contributed by atoms with Crippen molar-refractivity contribution in [3.63, 3.8) is 0 Å². The summed E-state index contributed by atoms with van der Waals surface area (Å²) in [7, 11) is -3.64. The van der Waals surface area contributed by atoms with Crippen LogP contribution in [0.5, 0.6) is 0 Å². The van der Waals surface area contributed by atoms with E-state index in [-0.39, 0.29) is 15.5 Å². The summed E-state index contributed by atoms with van der Waals surface area (Å²) in [5, 5.41) is 3.02. The van der Waals surface area contributed by atoms with Crippen LogP contribution in [0.3, 0.4) is 0 Å². The van der Waals surface area contributed by atoms with Crippen molar-refractivity contribution in [3.05, 3.63) is 53.1 Å². The predicted octanol–water partition coefficient (Wildman–Crippen LogP) is 4.61. The molecule has 3 rings (SSSR count). The van der Waals surface area contributed by atoms with Crippen molar-refractivity contribution in [3.8, 4) is 0 Å². The molecule has 1 heterocycles. The molecule has 1 aliphatic heterocycles. The van der Waals surface area contributed by atoms with E-state index in [1.165, 1.54) is 22.5 Å². The van der Waals surface area contributed by atoms with Crippen LogP contribution in [0, 0.1) is 0 Å². The Bertz CT molecular complexity index is 983. The highest BCUT2D eigenvalue weighted by atomic mass is 35.5. The van der Waals surface area contributed by atoms with E-state index in [0.717, 1.165) is 38.0 Å². The number of nitrogens with zero attached hydrogens (tertiary/aromatic N) is 2. The Morgan fingerprint density at radius 3 is 2.27 bits per heavy atom. The molecule has 0 spiro atoms. The minimum atomic E-state index is -3.64. The van der Waals surface area contributed by atoms with Gasteiger partial charge in [0.15, 0.2) is 0 Å². The maximum atomic E-state index is 12.9. The SMILES string of the molecule is CCN(CC)c1ccc(NC(=O)c2cc(S(=O)(=O)N3CCCCC3)ccc2Cl)cc1. The van der Waals surface area contributed by atoms with Gasteiger partial charge < -0.3 is 10.2 Å². The van der Waals surface area contributed by atoms with E-state index in [9.17, 15) is 13.2 Å². The lowest BCUT2D eigenvalue weighted by molar-refractivity contribution is 0.102. The fourth-order valence-electron chi connectivity index (χ4n) is 3.64. The zero-order valence-electron chi connectivity index (χ0n) is 17.4. The summed E-state index contributed by atoms with van der Waals surface area (Å²) in [5.41, 5.74) is 1.84. The number of sulfonamides is 1. The molecule has 1 amide bonds. The Hall–Kier alpha value is -2.09. The Morgan fingerprint density at radius 1 is 1.03 bits per heavy atom. The van der Waals surface area contributed by atoms with Crippen LogP contribution >= 0.6 is 11.6 Å².